The van der Waals surface area contributed by atoms with E-state index in [0.717, 1.165) is 31.7 Å². The molecule has 2 heterocycles. The van der Waals surface area contributed by atoms with E-state index in [0.29, 0.717) is 12.1 Å². The van der Waals surface area contributed by atoms with Crippen LogP contribution in [-0.2, 0) is 6.54 Å². The Hall–Kier alpha value is -0.860. The van der Waals surface area contributed by atoms with Gasteiger partial charge in [0.2, 0.25) is 0 Å². The Bertz CT molecular complexity index is 508. The highest BCUT2D eigenvalue weighted by molar-refractivity contribution is 5.15. The second-order valence-electron chi connectivity index (χ2n) is 8.74. The summed E-state index contributed by atoms with van der Waals surface area (Å²) in [6.45, 7) is 1.07. The number of rotatable bonds is 4. The number of nitrogens with zero attached hydrogens (tertiary/aromatic N) is 1. The van der Waals surface area contributed by atoms with Crippen molar-refractivity contribution in [2.24, 2.45) is 5.92 Å². The van der Waals surface area contributed by atoms with E-state index in [9.17, 15) is 5.11 Å². The van der Waals surface area contributed by atoms with Gasteiger partial charge in [0.05, 0.1) is 5.60 Å². The zero-order chi connectivity index (χ0) is 16.4. The Labute approximate surface area is 147 Å². The molecule has 1 aromatic rings. The van der Waals surface area contributed by atoms with Crippen molar-refractivity contribution in [3.8, 4) is 0 Å². The van der Waals surface area contributed by atoms with Crippen molar-refractivity contribution in [2.75, 3.05) is 0 Å². The lowest BCUT2D eigenvalue weighted by Gasteiger charge is -2.53. The molecule has 2 heteroatoms. The van der Waals surface area contributed by atoms with Gasteiger partial charge in [0.15, 0.2) is 0 Å². The molecule has 24 heavy (non-hydrogen) atoms. The van der Waals surface area contributed by atoms with Crippen molar-refractivity contribution < 1.29 is 5.11 Å². The Kier molecular flexibility index (Phi) is 4.96. The molecule has 3 aliphatic rings. The van der Waals surface area contributed by atoms with Crippen LogP contribution in [-0.4, -0.2) is 27.7 Å². The van der Waals surface area contributed by atoms with Gasteiger partial charge in [0.25, 0.3) is 0 Å². The second-order valence-corrected chi connectivity index (χ2v) is 8.74. The molecule has 2 aliphatic heterocycles. The molecule has 3 fully saturated rings. The molecular formula is C22H33NO. The van der Waals surface area contributed by atoms with Gasteiger partial charge in [0, 0.05) is 18.6 Å². The molecule has 4 rings (SSSR count). The van der Waals surface area contributed by atoms with E-state index in [-0.39, 0.29) is 5.60 Å². The maximum atomic E-state index is 11.4. The largest absolute Gasteiger partial charge is 0.390 e. The lowest BCUT2D eigenvalue weighted by molar-refractivity contribution is -0.107. The molecule has 132 valence electrons. The van der Waals surface area contributed by atoms with Crippen LogP contribution in [0.15, 0.2) is 30.3 Å². The van der Waals surface area contributed by atoms with Crippen molar-refractivity contribution in [3.05, 3.63) is 35.9 Å². The SMILES string of the molecule is OC1(CC2CCCCC2)CC2CCCC(C1)N2Cc1ccccc1. The third-order valence-electron chi connectivity index (χ3n) is 6.85. The van der Waals surface area contributed by atoms with E-state index in [1.54, 1.807) is 0 Å². The molecule has 2 bridgehead atoms. The molecule has 2 nitrogen and oxygen atoms in total. The first-order valence-electron chi connectivity index (χ1n) is 10.2. The van der Waals surface area contributed by atoms with Crippen LogP contribution in [0.2, 0.25) is 0 Å². The van der Waals surface area contributed by atoms with E-state index in [4.69, 9.17) is 0 Å². The minimum absolute atomic E-state index is 0.384. The zero-order valence-corrected chi connectivity index (χ0v) is 15.0. The molecule has 2 saturated heterocycles. The number of benzene rings is 1. The van der Waals surface area contributed by atoms with Crippen LogP contribution in [0.5, 0.6) is 0 Å². The van der Waals surface area contributed by atoms with Gasteiger partial charge in [-0.15, -0.1) is 0 Å². The van der Waals surface area contributed by atoms with Gasteiger partial charge in [-0.25, -0.2) is 0 Å². The van der Waals surface area contributed by atoms with Crippen LogP contribution >= 0.6 is 0 Å². The summed E-state index contributed by atoms with van der Waals surface area (Å²) in [5, 5.41) is 11.4. The fourth-order valence-corrected chi connectivity index (χ4v) is 5.77. The van der Waals surface area contributed by atoms with E-state index < -0.39 is 0 Å². The summed E-state index contributed by atoms with van der Waals surface area (Å²) in [5.41, 5.74) is 1.04. The molecule has 1 N–H and O–H groups in total. The third kappa shape index (κ3) is 3.70. The summed E-state index contributed by atoms with van der Waals surface area (Å²) in [6, 6.07) is 12.1. The fraction of sp³-hybridized carbons (Fsp3) is 0.727. The van der Waals surface area contributed by atoms with Crippen molar-refractivity contribution in [1.29, 1.82) is 0 Å². The van der Waals surface area contributed by atoms with Crippen LogP contribution < -0.4 is 0 Å². The van der Waals surface area contributed by atoms with Crippen LogP contribution in [0.3, 0.4) is 0 Å². The predicted octanol–water partition coefficient (Wildman–Crippen LogP) is 4.91. The highest BCUT2D eigenvalue weighted by Gasteiger charge is 2.46. The first-order valence-corrected chi connectivity index (χ1v) is 10.2. The summed E-state index contributed by atoms with van der Waals surface area (Å²) >= 11 is 0. The number of hydrogen-bond donors (Lipinski definition) is 1. The van der Waals surface area contributed by atoms with E-state index >= 15 is 0 Å². The van der Waals surface area contributed by atoms with Gasteiger partial charge in [0.1, 0.15) is 0 Å². The summed E-state index contributed by atoms with van der Waals surface area (Å²) in [4.78, 5) is 2.72. The summed E-state index contributed by atoms with van der Waals surface area (Å²) in [5.74, 6) is 0.783. The molecule has 0 aromatic heterocycles. The topological polar surface area (TPSA) is 23.5 Å². The van der Waals surface area contributed by atoms with Crippen molar-refractivity contribution in [1.82, 2.24) is 4.90 Å². The van der Waals surface area contributed by atoms with Crippen molar-refractivity contribution >= 4 is 0 Å². The number of aliphatic hydroxyl groups is 1. The highest BCUT2D eigenvalue weighted by Crippen LogP contribution is 2.44. The number of hydrogen-bond acceptors (Lipinski definition) is 2. The van der Waals surface area contributed by atoms with Gasteiger partial charge in [-0.2, -0.15) is 0 Å². The Morgan fingerprint density at radius 1 is 0.875 bits per heavy atom. The summed E-state index contributed by atoms with van der Waals surface area (Å²) in [7, 11) is 0. The van der Waals surface area contributed by atoms with Crippen LogP contribution in [0.4, 0.5) is 0 Å². The fourth-order valence-electron chi connectivity index (χ4n) is 5.77. The van der Waals surface area contributed by atoms with Crippen LogP contribution in [0.1, 0.15) is 76.2 Å². The smallest absolute Gasteiger partial charge is 0.0680 e. The molecular weight excluding hydrogens is 294 g/mol. The molecule has 1 aromatic carbocycles. The monoisotopic (exact) mass is 327 g/mol. The highest BCUT2D eigenvalue weighted by atomic mass is 16.3. The van der Waals surface area contributed by atoms with Crippen molar-refractivity contribution in [2.45, 2.75) is 94.9 Å². The Morgan fingerprint density at radius 3 is 2.21 bits per heavy atom. The molecule has 1 aliphatic carbocycles. The van der Waals surface area contributed by atoms with Gasteiger partial charge < -0.3 is 5.11 Å². The molecule has 0 radical (unpaired) electrons. The second kappa shape index (κ2) is 7.17. The molecule has 0 spiro atoms. The Balaban J connectivity index is 1.43. The average Bonchev–Trinajstić information content (AvgIpc) is 2.58. The lowest BCUT2D eigenvalue weighted by Crippen LogP contribution is -2.57. The maximum absolute atomic E-state index is 11.4. The first kappa shape index (κ1) is 16.6. The van der Waals surface area contributed by atoms with Crippen LogP contribution in [0, 0.1) is 5.92 Å². The molecule has 1 saturated carbocycles. The first-order chi connectivity index (χ1) is 11.7. The van der Waals surface area contributed by atoms with E-state index in [1.807, 2.05) is 0 Å². The van der Waals surface area contributed by atoms with Gasteiger partial charge in [-0.05, 0) is 43.6 Å². The molecule has 2 unspecified atom stereocenters. The molecule has 0 amide bonds. The average molecular weight is 328 g/mol. The Morgan fingerprint density at radius 2 is 1.54 bits per heavy atom. The predicted molar refractivity (Wildman–Crippen MR) is 98.8 cm³/mol. The standard InChI is InChI=1S/C22H33NO/c24-22(14-18-8-3-1-4-9-18)15-20-12-7-13-21(16-22)23(20)17-19-10-5-2-6-11-19/h2,5-6,10-11,18,20-21,24H,1,3-4,7-9,12-17H2. The van der Waals surface area contributed by atoms with Gasteiger partial charge in [-0.1, -0.05) is 68.9 Å². The van der Waals surface area contributed by atoms with Crippen LogP contribution in [0.25, 0.3) is 0 Å². The number of fused-ring (bicyclic) bond motifs is 2. The van der Waals surface area contributed by atoms with E-state index in [1.165, 1.54) is 56.9 Å². The summed E-state index contributed by atoms with van der Waals surface area (Å²) < 4.78 is 0. The maximum Gasteiger partial charge on any atom is 0.0680 e. The quantitative estimate of drug-likeness (QED) is 0.850. The van der Waals surface area contributed by atoms with E-state index in [2.05, 4.69) is 35.2 Å². The zero-order valence-electron chi connectivity index (χ0n) is 15.0. The minimum atomic E-state index is -0.384. The van der Waals surface area contributed by atoms with Crippen molar-refractivity contribution in [3.63, 3.8) is 0 Å². The van der Waals surface area contributed by atoms with Gasteiger partial charge >= 0.3 is 0 Å². The lowest BCUT2D eigenvalue weighted by atomic mass is 9.70. The summed E-state index contributed by atoms with van der Waals surface area (Å²) in [6.07, 6.45) is 13.9. The third-order valence-corrected chi connectivity index (χ3v) is 6.85. The minimum Gasteiger partial charge on any atom is -0.390 e. The number of piperidine rings is 2. The molecule has 2 atom stereocenters. The normalized spacial score (nSPS) is 35.0. The van der Waals surface area contributed by atoms with Gasteiger partial charge in [-0.3, -0.25) is 4.90 Å².